The first-order valence-corrected chi connectivity index (χ1v) is 7.49. The minimum atomic E-state index is 0. The average molecular weight is 403 g/mol. The van der Waals surface area contributed by atoms with Crippen molar-refractivity contribution in [1.29, 1.82) is 0 Å². The van der Waals surface area contributed by atoms with Crippen LogP contribution in [0.3, 0.4) is 0 Å². The molecule has 21 heavy (non-hydrogen) atoms. The predicted octanol–water partition coefficient (Wildman–Crippen LogP) is 2.96. The maximum atomic E-state index is 5.23. The Labute approximate surface area is 144 Å². The number of aryl methyl sites for hydroxylation is 1. The largest absolute Gasteiger partial charge is 0.497 e. The Kier molecular flexibility index (Phi) is 8.49. The van der Waals surface area contributed by atoms with Crippen molar-refractivity contribution >= 4 is 29.9 Å². The van der Waals surface area contributed by atoms with Crippen molar-refractivity contribution in [2.24, 2.45) is 4.99 Å². The van der Waals surface area contributed by atoms with Crippen LogP contribution in [0, 0.1) is 0 Å². The van der Waals surface area contributed by atoms with Crippen LogP contribution in [0.25, 0.3) is 0 Å². The van der Waals surface area contributed by atoms with Gasteiger partial charge in [0.2, 0.25) is 0 Å². The minimum absolute atomic E-state index is 0. The van der Waals surface area contributed by atoms with Crippen LogP contribution in [0.5, 0.6) is 5.75 Å². The fourth-order valence-electron chi connectivity index (χ4n) is 2.04. The Hall–Kier alpha value is -0.980. The average Bonchev–Trinajstić information content (AvgIpc) is 3.28. The summed E-state index contributed by atoms with van der Waals surface area (Å²) in [4.78, 5) is 4.61. The Morgan fingerprint density at radius 2 is 2.19 bits per heavy atom. The standard InChI is InChI=1S/C16H25N3O.HI/c1-3-17-16(19-14-9-10-14)18-11-5-7-13-6-4-8-15(12-13)20-2;/h4,6,8,12,14H,3,5,7,9-11H2,1-2H3,(H2,17,18,19);1H. The summed E-state index contributed by atoms with van der Waals surface area (Å²) in [5.41, 5.74) is 1.31. The molecule has 0 atom stereocenters. The SMILES string of the molecule is CCNC(=NCCCc1cccc(OC)c1)NC1CC1.I. The zero-order chi connectivity index (χ0) is 14.2. The first-order valence-electron chi connectivity index (χ1n) is 7.49. The molecule has 0 aromatic heterocycles. The normalized spacial score (nSPS) is 14.3. The molecule has 1 aromatic carbocycles. The van der Waals surface area contributed by atoms with E-state index in [-0.39, 0.29) is 24.0 Å². The highest BCUT2D eigenvalue weighted by atomic mass is 127. The monoisotopic (exact) mass is 403 g/mol. The van der Waals surface area contributed by atoms with Gasteiger partial charge in [-0.05, 0) is 50.3 Å². The van der Waals surface area contributed by atoms with Gasteiger partial charge in [0.25, 0.3) is 0 Å². The van der Waals surface area contributed by atoms with Gasteiger partial charge in [-0.15, -0.1) is 24.0 Å². The van der Waals surface area contributed by atoms with Gasteiger partial charge in [-0.1, -0.05) is 12.1 Å². The van der Waals surface area contributed by atoms with Crippen LogP contribution in [0.15, 0.2) is 29.3 Å². The molecule has 4 nitrogen and oxygen atoms in total. The van der Waals surface area contributed by atoms with Crippen LogP contribution >= 0.6 is 24.0 Å². The molecule has 0 aliphatic heterocycles. The number of guanidine groups is 1. The summed E-state index contributed by atoms with van der Waals surface area (Å²) in [6.07, 6.45) is 4.63. The van der Waals surface area contributed by atoms with Crippen LogP contribution < -0.4 is 15.4 Å². The number of rotatable bonds is 7. The van der Waals surface area contributed by atoms with Crippen LogP contribution in [-0.2, 0) is 6.42 Å². The Morgan fingerprint density at radius 1 is 1.38 bits per heavy atom. The molecule has 1 aliphatic rings. The van der Waals surface area contributed by atoms with E-state index in [1.807, 2.05) is 12.1 Å². The van der Waals surface area contributed by atoms with Crippen molar-refractivity contribution < 1.29 is 4.74 Å². The number of methoxy groups -OCH3 is 1. The predicted molar refractivity (Wildman–Crippen MR) is 98.9 cm³/mol. The first kappa shape index (κ1) is 18.1. The number of benzene rings is 1. The van der Waals surface area contributed by atoms with Crippen molar-refractivity contribution in [2.75, 3.05) is 20.2 Å². The van der Waals surface area contributed by atoms with Crippen molar-refractivity contribution in [3.63, 3.8) is 0 Å². The van der Waals surface area contributed by atoms with Gasteiger partial charge in [0.1, 0.15) is 5.75 Å². The fraction of sp³-hybridized carbons (Fsp3) is 0.562. The van der Waals surface area contributed by atoms with E-state index in [4.69, 9.17) is 4.74 Å². The third kappa shape index (κ3) is 7.02. The molecule has 0 radical (unpaired) electrons. The summed E-state index contributed by atoms with van der Waals surface area (Å²) in [6.45, 7) is 3.86. The molecule has 0 unspecified atom stereocenters. The molecule has 5 heteroatoms. The molecular formula is C16H26IN3O. The van der Waals surface area contributed by atoms with Gasteiger partial charge in [-0.25, -0.2) is 0 Å². The molecule has 1 aromatic rings. The zero-order valence-corrected chi connectivity index (χ0v) is 15.2. The van der Waals surface area contributed by atoms with E-state index in [1.165, 1.54) is 18.4 Å². The molecule has 0 spiro atoms. The summed E-state index contributed by atoms with van der Waals surface area (Å²) >= 11 is 0. The van der Waals surface area contributed by atoms with Crippen LogP contribution in [-0.4, -0.2) is 32.2 Å². The second-order valence-corrected chi connectivity index (χ2v) is 5.13. The van der Waals surface area contributed by atoms with Crippen molar-refractivity contribution in [3.8, 4) is 5.75 Å². The van der Waals surface area contributed by atoms with Crippen LogP contribution in [0.4, 0.5) is 0 Å². The summed E-state index contributed by atoms with van der Waals surface area (Å²) in [7, 11) is 1.70. The lowest BCUT2D eigenvalue weighted by Crippen LogP contribution is -2.38. The summed E-state index contributed by atoms with van der Waals surface area (Å²) in [6, 6.07) is 8.89. The highest BCUT2D eigenvalue weighted by Crippen LogP contribution is 2.18. The summed E-state index contributed by atoms with van der Waals surface area (Å²) < 4.78 is 5.23. The minimum Gasteiger partial charge on any atom is -0.497 e. The molecular weight excluding hydrogens is 377 g/mol. The number of nitrogens with one attached hydrogen (secondary N) is 2. The van der Waals surface area contributed by atoms with Crippen molar-refractivity contribution in [3.05, 3.63) is 29.8 Å². The topological polar surface area (TPSA) is 45.7 Å². The van der Waals surface area contributed by atoms with Gasteiger partial charge in [0, 0.05) is 19.1 Å². The fourth-order valence-corrected chi connectivity index (χ4v) is 2.04. The van der Waals surface area contributed by atoms with Crippen molar-refractivity contribution in [2.45, 2.75) is 38.6 Å². The molecule has 2 rings (SSSR count). The van der Waals surface area contributed by atoms with Gasteiger partial charge < -0.3 is 15.4 Å². The van der Waals surface area contributed by atoms with Gasteiger partial charge in [0.15, 0.2) is 5.96 Å². The third-order valence-electron chi connectivity index (χ3n) is 3.29. The molecule has 0 saturated heterocycles. The smallest absolute Gasteiger partial charge is 0.191 e. The molecule has 1 saturated carbocycles. The van der Waals surface area contributed by atoms with Crippen molar-refractivity contribution in [1.82, 2.24) is 10.6 Å². The number of hydrogen-bond acceptors (Lipinski definition) is 2. The molecule has 118 valence electrons. The van der Waals surface area contributed by atoms with E-state index in [0.717, 1.165) is 37.6 Å². The lowest BCUT2D eigenvalue weighted by molar-refractivity contribution is 0.414. The zero-order valence-electron chi connectivity index (χ0n) is 12.9. The van der Waals surface area contributed by atoms with Gasteiger partial charge in [-0.2, -0.15) is 0 Å². The molecule has 2 N–H and O–H groups in total. The molecule has 0 bridgehead atoms. The van der Waals surface area contributed by atoms with E-state index in [0.29, 0.717) is 6.04 Å². The Bertz CT molecular complexity index is 447. The third-order valence-corrected chi connectivity index (χ3v) is 3.29. The van der Waals surface area contributed by atoms with Crippen LogP contribution in [0.2, 0.25) is 0 Å². The number of aliphatic imine (C=N–C) groups is 1. The number of nitrogens with zero attached hydrogens (tertiary/aromatic N) is 1. The van der Waals surface area contributed by atoms with Gasteiger partial charge >= 0.3 is 0 Å². The Balaban J connectivity index is 0.00000220. The molecule has 0 amide bonds. The van der Waals surface area contributed by atoms with E-state index in [2.05, 4.69) is 34.7 Å². The van der Waals surface area contributed by atoms with E-state index in [9.17, 15) is 0 Å². The second-order valence-electron chi connectivity index (χ2n) is 5.13. The maximum Gasteiger partial charge on any atom is 0.191 e. The van der Waals surface area contributed by atoms with E-state index in [1.54, 1.807) is 7.11 Å². The lowest BCUT2D eigenvalue weighted by atomic mass is 10.1. The second kappa shape index (κ2) is 9.87. The summed E-state index contributed by atoms with van der Waals surface area (Å²) in [5.74, 6) is 1.88. The van der Waals surface area contributed by atoms with Gasteiger partial charge in [0.05, 0.1) is 7.11 Å². The highest BCUT2D eigenvalue weighted by Gasteiger charge is 2.21. The molecule has 0 heterocycles. The number of hydrogen-bond donors (Lipinski definition) is 2. The lowest BCUT2D eigenvalue weighted by Gasteiger charge is -2.10. The first-order chi connectivity index (χ1) is 9.81. The summed E-state index contributed by atoms with van der Waals surface area (Å²) in [5, 5.41) is 6.72. The Morgan fingerprint density at radius 3 is 2.86 bits per heavy atom. The highest BCUT2D eigenvalue weighted by molar-refractivity contribution is 14.0. The number of ether oxygens (including phenoxy) is 1. The van der Waals surface area contributed by atoms with Gasteiger partial charge in [-0.3, -0.25) is 4.99 Å². The van der Waals surface area contributed by atoms with E-state index >= 15 is 0 Å². The molecule has 1 fully saturated rings. The van der Waals surface area contributed by atoms with E-state index < -0.39 is 0 Å². The molecule has 1 aliphatic carbocycles. The quantitative estimate of drug-likeness (QED) is 0.319. The van der Waals surface area contributed by atoms with Crippen LogP contribution in [0.1, 0.15) is 31.7 Å². The number of halogens is 1. The maximum absolute atomic E-state index is 5.23.